The highest BCUT2D eigenvalue weighted by Gasteiger charge is 2.26. The molecule has 3 nitrogen and oxygen atoms in total. The number of halogens is 3. The molecule has 2 N–H and O–H groups in total. The minimum absolute atomic E-state index is 0.0351. The molecule has 0 aromatic carbocycles. The van der Waals surface area contributed by atoms with Gasteiger partial charge in [0.25, 0.3) is 0 Å². The Labute approximate surface area is 92.8 Å². The lowest BCUT2D eigenvalue weighted by Crippen LogP contribution is -2.38. The number of carbonyl (C=O) groups is 1. The second-order valence-electron chi connectivity index (χ2n) is 4.03. The molecule has 6 heteroatoms. The fraction of sp³-hybridized carbons (Fsp3) is 0.900. The van der Waals surface area contributed by atoms with Crippen LogP contribution in [0.15, 0.2) is 0 Å². The third kappa shape index (κ3) is 5.34. The number of amides is 1. The smallest absolute Gasteiger partial charge is 0.356 e. The molecule has 0 aromatic heterocycles. The minimum atomic E-state index is -4.13. The Morgan fingerprint density at radius 1 is 1.31 bits per heavy atom. The molecule has 1 fully saturated rings. The van der Waals surface area contributed by atoms with Crippen LogP contribution in [0, 0.1) is 5.92 Å². The first-order chi connectivity index (χ1) is 7.49. The van der Waals surface area contributed by atoms with Crippen molar-refractivity contribution in [2.24, 2.45) is 5.92 Å². The second kappa shape index (κ2) is 6.08. The van der Waals surface area contributed by atoms with E-state index in [1.807, 2.05) is 0 Å². The van der Waals surface area contributed by atoms with Crippen LogP contribution in [-0.2, 0) is 4.79 Å². The number of hydrogen-bond donors (Lipinski definition) is 2. The number of nitrogens with one attached hydrogen (secondary N) is 2. The van der Waals surface area contributed by atoms with E-state index in [0.717, 1.165) is 25.9 Å². The molecule has 1 rings (SSSR count). The second-order valence-corrected chi connectivity index (χ2v) is 4.03. The van der Waals surface area contributed by atoms with Gasteiger partial charge in [0, 0.05) is 18.9 Å². The van der Waals surface area contributed by atoms with E-state index in [2.05, 4.69) is 10.6 Å². The number of carbonyl (C=O) groups excluding carboxylic acids is 1. The van der Waals surface area contributed by atoms with Gasteiger partial charge in [0.15, 0.2) is 0 Å². The van der Waals surface area contributed by atoms with Crippen molar-refractivity contribution in [3.05, 3.63) is 0 Å². The van der Waals surface area contributed by atoms with Crippen molar-refractivity contribution in [1.29, 1.82) is 0 Å². The molecule has 0 aromatic rings. The van der Waals surface area contributed by atoms with Crippen LogP contribution in [-0.4, -0.2) is 31.7 Å². The zero-order valence-electron chi connectivity index (χ0n) is 9.07. The Hall–Kier alpha value is -0.780. The maximum absolute atomic E-state index is 11.8. The van der Waals surface area contributed by atoms with E-state index in [4.69, 9.17) is 0 Å². The highest BCUT2D eigenvalue weighted by Crippen LogP contribution is 2.20. The number of alkyl halides is 3. The summed E-state index contributed by atoms with van der Waals surface area (Å²) in [6, 6.07) is 0. The number of hydrogen-bond acceptors (Lipinski definition) is 2. The lowest BCUT2D eigenvalue weighted by atomic mass is 9.97. The summed E-state index contributed by atoms with van der Waals surface area (Å²) in [5, 5.41) is 5.69. The van der Waals surface area contributed by atoms with E-state index in [-0.39, 0.29) is 24.8 Å². The average Bonchev–Trinajstić information content (AvgIpc) is 2.24. The zero-order valence-corrected chi connectivity index (χ0v) is 9.07. The fourth-order valence-corrected chi connectivity index (χ4v) is 1.73. The molecule has 1 saturated heterocycles. The van der Waals surface area contributed by atoms with E-state index < -0.39 is 12.6 Å². The summed E-state index contributed by atoms with van der Waals surface area (Å²) in [4.78, 5) is 11.5. The summed E-state index contributed by atoms with van der Waals surface area (Å²) < 4.78 is 35.4. The Balaban J connectivity index is 2.10. The molecule has 0 aliphatic carbocycles. The summed E-state index contributed by atoms with van der Waals surface area (Å²) in [5.41, 5.74) is 0. The molecule has 1 aliphatic heterocycles. The van der Waals surface area contributed by atoms with Crippen molar-refractivity contribution in [2.75, 3.05) is 19.6 Å². The van der Waals surface area contributed by atoms with E-state index in [0.29, 0.717) is 0 Å². The number of piperidine rings is 1. The molecule has 0 bridgehead atoms. The predicted octanol–water partition coefficient (Wildman–Crippen LogP) is 1.44. The van der Waals surface area contributed by atoms with Gasteiger partial charge in [-0.2, -0.15) is 13.2 Å². The Kier molecular flexibility index (Phi) is 5.05. The van der Waals surface area contributed by atoms with E-state index in [1.54, 1.807) is 0 Å². The molecule has 94 valence electrons. The molecule has 0 saturated carbocycles. The lowest BCUT2D eigenvalue weighted by molar-refractivity contribution is -0.136. The molecule has 1 heterocycles. The largest absolute Gasteiger partial charge is 0.389 e. The Morgan fingerprint density at radius 3 is 2.50 bits per heavy atom. The molecule has 0 unspecified atom stereocenters. The normalized spacial score (nSPS) is 18.4. The summed E-state index contributed by atoms with van der Waals surface area (Å²) in [7, 11) is 0. The van der Waals surface area contributed by atoms with E-state index in [1.165, 1.54) is 0 Å². The molecule has 0 atom stereocenters. The first-order valence-electron chi connectivity index (χ1n) is 5.54. The van der Waals surface area contributed by atoms with Crippen molar-refractivity contribution in [1.82, 2.24) is 10.6 Å². The highest BCUT2D eigenvalue weighted by atomic mass is 19.4. The van der Waals surface area contributed by atoms with Gasteiger partial charge in [-0.3, -0.25) is 4.79 Å². The monoisotopic (exact) mass is 238 g/mol. The van der Waals surface area contributed by atoms with Crippen molar-refractivity contribution >= 4 is 5.91 Å². The van der Waals surface area contributed by atoms with Crippen LogP contribution in [0.25, 0.3) is 0 Å². The van der Waals surface area contributed by atoms with Crippen molar-refractivity contribution < 1.29 is 18.0 Å². The third-order valence-corrected chi connectivity index (χ3v) is 2.65. The molecule has 1 amide bonds. The topological polar surface area (TPSA) is 41.1 Å². The SMILES string of the molecule is O=C(NCCCC(F)(F)F)C1CCNCC1. The Bertz CT molecular complexity index is 225. The van der Waals surface area contributed by atoms with Crippen LogP contribution >= 0.6 is 0 Å². The standard InChI is InChI=1S/C10H17F3N2O/c11-10(12,13)4-1-5-15-9(16)8-2-6-14-7-3-8/h8,14H,1-7H2,(H,15,16). The first kappa shape index (κ1) is 13.3. The quantitative estimate of drug-likeness (QED) is 0.728. The predicted molar refractivity (Wildman–Crippen MR) is 53.9 cm³/mol. The average molecular weight is 238 g/mol. The molecule has 0 radical (unpaired) electrons. The van der Waals surface area contributed by atoms with Crippen molar-refractivity contribution in [2.45, 2.75) is 31.9 Å². The van der Waals surface area contributed by atoms with E-state index >= 15 is 0 Å². The van der Waals surface area contributed by atoms with Crippen LogP contribution < -0.4 is 10.6 Å². The van der Waals surface area contributed by atoms with Crippen LogP contribution in [0.5, 0.6) is 0 Å². The van der Waals surface area contributed by atoms with Gasteiger partial charge in [0.2, 0.25) is 5.91 Å². The molecule has 16 heavy (non-hydrogen) atoms. The molecule has 1 aliphatic rings. The lowest BCUT2D eigenvalue weighted by Gasteiger charge is -2.21. The van der Waals surface area contributed by atoms with E-state index in [9.17, 15) is 18.0 Å². The van der Waals surface area contributed by atoms with Gasteiger partial charge in [-0.15, -0.1) is 0 Å². The molecule has 0 spiro atoms. The van der Waals surface area contributed by atoms with Crippen LogP contribution in [0.2, 0.25) is 0 Å². The van der Waals surface area contributed by atoms with Crippen LogP contribution in [0.4, 0.5) is 13.2 Å². The summed E-state index contributed by atoms with van der Waals surface area (Å²) in [5.74, 6) is -0.143. The molecular formula is C10H17F3N2O. The van der Waals surface area contributed by atoms with Crippen molar-refractivity contribution in [3.8, 4) is 0 Å². The van der Waals surface area contributed by atoms with Gasteiger partial charge in [0.05, 0.1) is 0 Å². The maximum Gasteiger partial charge on any atom is 0.389 e. The summed E-state index contributed by atoms with van der Waals surface area (Å²) in [6.45, 7) is 1.73. The third-order valence-electron chi connectivity index (χ3n) is 2.65. The van der Waals surface area contributed by atoms with Gasteiger partial charge in [0.1, 0.15) is 0 Å². The van der Waals surface area contributed by atoms with Gasteiger partial charge < -0.3 is 10.6 Å². The van der Waals surface area contributed by atoms with Gasteiger partial charge in [-0.05, 0) is 32.4 Å². The fourth-order valence-electron chi connectivity index (χ4n) is 1.73. The van der Waals surface area contributed by atoms with Gasteiger partial charge >= 0.3 is 6.18 Å². The summed E-state index contributed by atoms with van der Waals surface area (Å²) in [6.07, 6.45) is -3.46. The Morgan fingerprint density at radius 2 is 1.94 bits per heavy atom. The van der Waals surface area contributed by atoms with Crippen LogP contribution in [0.3, 0.4) is 0 Å². The van der Waals surface area contributed by atoms with Crippen LogP contribution in [0.1, 0.15) is 25.7 Å². The van der Waals surface area contributed by atoms with Gasteiger partial charge in [-0.1, -0.05) is 0 Å². The number of rotatable bonds is 4. The highest BCUT2D eigenvalue weighted by molar-refractivity contribution is 5.78. The summed E-state index contributed by atoms with van der Waals surface area (Å²) >= 11 is 0. The first-order valence-corrected chi connectivity index (χ1v) is 5.54. The van der Waals surface area contributed by atoms with Crippen molar-refractivity contribution in [3.63, 3.8) is 0 Å². The zero-order chi connectivity index (χ0) is 12.0. The van der Waals surface area contributed by atoms with Gasteiger partial charge in [-0.25, -0.2) is 0 Å². The maximum atomic E-state index is 11.8. The molecular weight excluding hydrogens is 221 g/mol. The minimum Gasteiger partial charge on any atom is -0.356 e.